The van der Waals surface area contributed by atoms with Crippen molar-refractivity contribution in [3.63, 3.8) is 0 Å². The molecule has 0 fully saturated rings. The molecule has 0 aromatic rings. The molecule has 0 aliphatic heterocycles. The Morgan fingerprint density at radius 2 is 1.83 bits per heavy atom. The fraction of sp³-hybridized carbons (Fsp3) is 0.500. The maximum Gasteiger partial charge on any atom is 0.236 e. The van der Waals surface area contributed by atoms with Crippen LogP contribution in [0.1, 0.15) is 6.92 Å². The molecule has 0 rings (SSSR count). The van der Waals surface area contributed by atoms with Crippen molar-refractivity contribution in [2.24, 2.45) is 0 Å². The van der Waals surface area contributed by atoms with Crippen molar-refractivity contribution in [2.75, 3.05) is 13.6 Å². The van der Waals surface area contributed by atoms with Gasteiger partial charge in [0, 0.05) is 39.8 Å². The Morgan fingerprint density at radius 3 is 2.08 bits per heavy atom. The van der Waals surface area contributed by atoms with E-state index in [1.54, 1.807) is 0 Å². The largest absolute Gasteiger partial charge is 0.542 e. The van der Waals surface area contributed by atoms with Gasteiger partial charge in [-0.15, -0.1) is 0 Å². The Hall–Kier alpha value is -0.286. The molecule has 0 unspecified atom stereocenters. The van der Waals surface area contributed by atoms with E-state index in [4.69, 9.17) is 4.79 Å². The summed E-state index contributed by atoms with van der Waals surface area (Å²) in [6.45, 7) is 1.32. The van der Waals surface area contributed by atoms with Gasteiger partial charge in [-0.25, -0.2) is 0 Å². The van der Waals surface area contributed by atoms with Crippen molar-refractivity contribution in [1.82, 2.24) is 10.6 Å². The number of likely N-dealkylation sites (N-methyl/N-ethyl adjacent to an activating group) is 1. The molecule has 0 heterocycles. The molecule has 0 saturated heterocycles. The summed E-state index contributed by atoms with van der Waals surface area (Å²) >= 11 is 0. The van der Waals surface area contributed by atoms with Crippen LogP contribution in [0.4, 0.5) is 0 Å². The summed E-state index contributed by atoms with van der Waals surface area (Å²) in [5.74, 6) is -0.228. The minimum Gasteiger partial charge on any atom is -0.542 e. The number of hydrogen-bond acceptors (Lipinski definition) is 3. The van der Waals surface area contributed by atoms with Crippen molar-refractivity contribution in [3.8, 4) is 0 Å². The summed E-state index contributed by atoms with van der Waals surface area (Å²) in [4.78, 5) is 28.3. The van der Waals surface area contributed by atoms with Crippen LogP contribution in [0, 0.1) is 0 Å². The molecule has 2 N–H and O–H groups in total. The van der Waals surface area contributed by atoms with Crippen molar-refractivity contribution in [3.05, 3.63) is 0 Å². The summed E-state index contributed by atoms with van der Waals surface area (Å²) in [7, 11) is 1.49. The Morgan fingerprint density at radius 1 is 1.42 bits per heavy atom. The third kappa shape index (κ3) is 22.6. The number of carbonyl (C=O) groups is 1. The predicted molar refractivity (Wildman–Crippen MR) is 39.1 cm³/mol. The summed E-state index contributed by atoms with van der Waals surface area (Å²) in [6.07, 6.45) is 2.87. The van der Waals surface area contributed by atoms with E-state index in [1.165, 1.54) is 26.7 Å². The zero-order valence-corrected chi connectivity index (χ0v) is 9.85. The number of carbonyl (C=O) groups excluding carboxylic acids is 3. The quantitative estimate of drug-likeness (QED) is 0.471. The Kier molecular flexibility index (Phi) is 25.1. The van der Waals surface area contributed by atoms with Crippen LogP contribution in [0.2, 0.25) is 0 Å². The maximum absolute atomic E-state index is 10.2. The van der Waals surface area contributed by atoms with Gasteiger partial charge in [-0.1, -0.05) is 0 Å². The molecule has 0 atom stereocenters. The first-order valence-electron chi connectivity index (χ1n) is 2.82. The Balaban J connectivity index is -0.000000177. The summed E-state index contributed by atoms with van der Waals surface area (Å²) in [5.41, 5.74) is 0. The monoisotopic (exact) mass is 247 g/mol. The van der Waals surface area contributed by atoms with E-state index in [0.717, 1.165) is 0 Å². The molecule has 0 spiro atoms. The van der Waals surface area contributed by atoms with Crippen LogP contribution >= 0.6 is 0 Å². The standard InChI is InChI=1S/C4H7N2O2.C2H3O.Y/c1-5-4(8)2-6-3-7;1-2-3;/h2H2,1H3,(H,5,8)(H,6,7);1H3;/q2*-1;. The van der Waals surface area contributed by atoms with Gasteiger partial charge in [0.2, 0.25) is 5.91 Å². The third-order valence-corrected chi connectivity index (χ3v) is 0.600. The van der Waals surface area contributed by atoms with Gasteiger partial charge < -0.3 is 20.2 Å². The van der Waals surface area contributed by atoms with Gasteiger partial charge in [0.1, 0.15) is 0 Å². The van der Waals surface area contributed by atoms with Gasteiger partial charge in [0.15, 0.2) is 0 Å². The second kappa shape index (κ2) is 17.0. The van der Waals surface area contributed by atoms with E-state index in [1.807, 2.05) is 0 Å². The maximum atomic E-state index is 10.2. The molecule has 0 aromatic heterocycles. The van der Waals surface area contributed by atoms with E-state index in [-0.39, 0.29) is 45.2 Å². The first kappa shape index (κ1) is 17.7. The van der Waals surface area contributed by atoms with E-state index in [2.05, 4.69) is 10.6 Å². The first-order chi connectivity index (χ1) is 5.22. The van der Waals surface area contributed by atoms with Crippen LogP contribution in [0.25, 0.3) is 0 Å². The van der Waals surface area contributed by atoms with Gasteiger partial charge in [0.25, 0.3) is 0 Å². The zero-order chi connectivity index (χ0) is 9.11. The normalized spacial score (nSPS) is 6.17. The van der Waals surface area contributed by atoms with Gasteiger partial charge in [0.05, 0.1) is 6.54 Å². The van der Waals surface area contributed by atoms with Crippen LogP contribution in [0.5, 0.6) is 0 Å². The molecule has 67 valence electrons. The van der Waals surface area contributed by atoms with E-state index in [9.17, 15) is 9.59 Å². The molecule has 2 amide bonds. The van der Waals surface area contributed by atoms with Crippen LogP contribution < -0.4 is 10.6 Å². The zero-order valence-electron chi connectivity index (χ0n) is 7.01. The third-order valence-electron chi connectivity index (χ3n) is 0.600. The van der Waals surface area contributed by atoms with Crippen LogP contribution in [0.15, 0.2) is 0 Å². The van der Waals surface area contributed by atoms with Gasteiger partial charge in [-0.3, -0.25) is 11.1 Å². The van der Waals surface area contributed by atoms with E-state index in [0.29, 0.717) is 0 Å². The molecule has 0 aliphatic carbocycles. The minimum absolute atomic E-state index is 0. The first-order valence-corrected chi connectivity index (χ1v) is 2.82. The number of rotatable bonds is 3. The smallest absolute Gasteiger partial charge is 0.236 e. The average molecular weight is 247 g/mol. The number of nitrogens with one attached hydrogen (secondary N) is 2. The summed E-state index contributed by atoms with van der Waals surface area (Å²) in [6, 6.07) is 0. The van der Waals surface area contributed by atoms with Gasteiger partial charge >= 0.3 is 0 Å². The number of amides is 2. The molecule has 1 radical (unpaired) electrons. The minimum atomic E-state index is -0.228. The van der Waals surface area contributed by atoms with E-state index < -0.39 is 0 Å². The topological polar surface area (TPSA) is 75.3 Å². The molecular formula is C6H10N2O3Y-2. The molecule has 0 saturated carbocycles. The Labute approximate surface area is 96.5 Å². The second-order valence-electron chi connectivity index (χ2n) is 1.33. The molecule has 5 nitrogen and oxygen atoms in total. The second-order valence-corrected chi connectivity index (χ2v) is 1.33. The fourth-order valence-electron chi connectivity index (χ4n) is 0.205. The molecule has 0 bridgehead atoms. The molecule has 12 heavy (non-hydrogen) atoms. The SMILES string of the molecule is CNC(=O)CN[C-]=O.C[C-]=O.[Y]. The van der Waals surface area contributed by atoms with Crippen LogP contribution in [0.3, 0.4) is 0 Å². The van der Waals surface area contributed by atoms with Crippen molar-refractivity contribution < 1.29 is 47.1 Å². The van der Waals surface area contributed by atoms with Crippen LogP contribution in [-0.4, -0.2) is 32.2 Å². The summed E-state index contributed by atoms with van der Waals surface area (Å²) < 4.78 is 0. The van der Waals surface area contributed by atoms with Gasteiger partial charge in [-0.2, -0.15) is 13.3 Å². The fourth-order valence-corrected chi connectivity index (χ4v) is 0.205. The van der Waals surface area contributed by atoms with Crippen LogP contribution in [-0.2, 0) is 47.1 Å². The summed E-state index contributed by atoms with van der Waals surface area (Å²) in [5, 5.41) is 4.40. The molecular weight excluding hydrogens is 237 g/mol. The predicted octanol–water partition coefficient (Wildman–Crippen LogP) is -1.50. The molecule has 0 aliphatic rings. The van der Waals surface area contributed by atoms with Crippen molar-refractivity contribution in [2.45, 2.75) is 6.92 Å². The number of hydrogen-bond donors (Lipinski definition) is 2. The van der Waals surface area contributed by atoms with E-state index >= 15 is 0 Å². The van der Waals surface area contributed by atoms with Crippen molar-refractivity contribution >= 4 is 18.6 Å². The van der Waals surface area contributed by atoms with Gasteiger partial charge in [-0.05, 0) is 0 Å². The average Bonchev–Trinajstić information content (AvgIpc) is 2.02. The van der Waals surface area contributed by atoms with Crippen molar-refractivity contribution in [1.29, 1.82) is 0 Å². The Bertz CT molecular complexity index is 130. The molecule has 0 aromatic carbocycles. The molecule has 6 heteroatoms.